The molecule has 2 aromatic rings. The van der Waals surface area contributed by atoms with Crippen LogP contribution in [0.3, 0.4) is 0 Å². The van der Waals surface area contributed by atoms with Crippen LogP contribution in [0.15, 0.2) is 30.3 Å². The number of hydrogen-bond donors (Lipinski definition) is 2. The molecule has 1 aliphatic carbocycles. The Balaban J connectivity index is 1.74. The lowest BCUT2D eigenvalue weighted by Gasteiger charge is -2.10. The van der Waals surface area contributed by atoms with E-state index in [1.807, 2.05) is 19.1 Å². The lowest BCUT2D eigenvalue weighted by atomic mass is 10.2. The first kappa shape index (κ1) is 15.2. The van der Waals surface area contributed by atoms with Crippen molar-refractivity contribution in [2.24, 2.45) is 0 Å². The molecule has 3 rings (SSSR count). The molecule has 0 unspecified atom stereocenters. The average Bonchev–Trinajstić information content (AvgIpc) is 3.38. The molecule has 23 heavy (non-hydrogen) atoms. The molecule has 0 aliphatic heterocycles. The number of anilines is 2. The lowest BCUT2D eigenvalue weighted by Crippen LogP contribution is -2.08. The maximum Gasteiger partial charge on any atom is 0.269 e. The van der Waals surface area contributed by atoms with Crippen LogP contribution in [0.2, 0.25) is 0 Å². The molecule has 0 saturated heterocycles. The Labute approximate surface area is 134 Å². The van der Waals surface area contributed by atoms with Crippen molar-refractivity contribution < 1.29 is 4.92 Å². The van der Waals surface area contributed by atoms with Gasteiger partial charge in [-0.3, -0.25) is 10.1 Å². The Morgan fingerprint density at radius 3 is 2.78 bits per heavy atom. The van der Waals surface area contributed by atoms with Gasteiger partial charge in [0, 0.05) is 37.2 Å². The summed E-state index contributed by atoms with van der Waals surface area (Å²) in [5.74, 6) is 1.90. The van der Waals surface area contributed by atoms with E-state index in [0.29, 0.717) is 18.4 Å². The van der Waals surface area contributed by atoms with Gasteiger partial charge < -0.3 is 10.6 Å². The molecule has 1 saturated carbocycles. The summed E-state index contributed by atoms with van der Waals surface area (Å²) < 4.78 is 0. The number of hydrogen-bond acceptors (Lipinski definition) is 6. The van der Waals surface area contributed by atoms with Crippen molar-refractivity contribution in [3.8, 4) is 0 Å². The number of nitrogens with zero attached hydrogens (tertiary/aromatic N) is 3. The molecule has 1 fully saturated rings. The summed E-state index contributed by atoms with van der Waals surface area (Å²) >= 11 is 0. The molecule has 1 aromatic carbocycles. The van der Waals surface area contributed by atoms with Gasteiger partial charge in [-0.05, 0) is 25.3 Å². The molecule has 0 radical (unpaired) electrons. The van der Waals surface area contributed by atoms with Crippen LogP contribution in [0.4, 0.5) is 17.5 Å². The van der Waals surface area contributed by atoms with Gasteiger partial charge in [-0.2, -0.15) is 4.98 Å². The standard InChI is InChI=1S/C16H19N5O2/c1-2-17-16-19-14(12-6-7-12)9-15(20-16)18-10-11-4-3-5-13(8-11)21(22)23/h3-5,8-9,12H,2,6-7,10H2,1H3,(H2,17,18,19,20). The number of nitro benzene ring substituents is 1. The second-order valence-corrected chi connectivity index (χ2v) is 5.59. The highest BCUT2D eigenvalue weighted by molar-refractivity contribution is 5.45. The van der Waals surface area contributed by atoms with Crippen molar-refractivity contribution in [3.63, 3.8) is 0 Å². The highest BCUT2D eigenvalue weighted by Crippen LogP contribution is 2.39. The van der Waals surface area contributed by atoms with Gasteiger partial charge in [0.2, 0.25) is 5.95 Å². The highest BCUT2D eigenvalue weighted by atomic mass is 16.6. The first-order chi connectivity index (χ1) is 11.2. The number of benzene rings is 1. The summed E-state index contributed by atoms with van der Waals surface area (Å²) in [5.41, 5.74) is 1.99. The average molecular weight is 313 g/mol. The van der Waals surface area contributed by atoms with E-state index in [1.54, 1.807) is 12.1 Å². The molecule has 1 aromatic heterocycles. The predicted molar refractivity (Wildman–Crippen MR) is 88.6 cm³/mol. The normalized spacial score (nSPS) is 13.6. The van der Waals surface area contributed by atoms with E-state index in [9.17, 15) is 10.1 Å². The van der Waals surface area contributed by atoms with Gasteiger partial charge in [-0.25, -0.2) is 4.98 Å². The van der Waals surface area contributed by atoms with Crippen LogP contribution in [0.25, 0.3) is 0 Å². The summed E-state index contributed by atoms with van der Waals surface area (Å²) in [5, 5.41) is 17.2. The largest absolute Gasteiger partial charge is 0.366 e. The van der Waals surface area contributed by atoms with E-state index in [2.05, 4.69) is 20.6 Å². The third-order valence-corrected chi connectivity index (χ3v) is 3.67. The van der Waals surface area contributed by atoms with Crippen LogP contribution < -0.4 is 10.6 Å². The molecule has 1 aliphatic rings. The maximum absolute atomic E-state index is 10.8. The molecule has 7 nitrogen and oxygen atoms in total. The first-order valence-electron chi connectivity index (χ1n) is 7.75. The summed E-state index contributed by atoms with van der Waals surface area (Å²) in [7, 11) is 0. The Morgan fingerprint density at radius 2 is 2.09 bits per heavy atom. The minimum Gasteiger partial charge on any atom is -0.366 e. The van der Waals surface area contributed by atoms with Gasteiger partial charge in [0.25, 0.3) is 5.69 Å². The van der Waals surface area contributed by atoms with Crippen LogP contribution in [-0.4, -0.2) is 21.4 Å². The summed E-state index contributed by atoms with van der Waals surface area (Å²) in [4.78, 5) is 19.4. The fraction of sp³-hybridized carbons (Fsp3) is 0.375. The van der Waals surface area contributed by atoms with Crippen LogP contribution in [-0.2, 0) is 6.54 Å². The van der Waals surface area contributed by atoms with Gasteiger partial charge in [-0.1, -0.05) is 12.1 Å². The van der Waals surface area contributed by atoms with Crippen LogP contribution >= 0.6 is 0 Å². The topological polar surface area (TPSA) is 93.0 Å². The molecular formula is C16H19N5O2. The number of aromatic nitrogens is 2. The van der Waals surface area contributed by atoms with E-state index >= 15 is 0 Å². The fourth-order valence-corrected chi connectivity index (χ4v) is 2.35. The van der Waals surface area contributed by atoms with Crippen molar-refractivity contribution in [2.45, 2.75) is 32.2 Å². The van der Waals surface area contributed by atoms with Gasteiger partial charge in [-0.15, -0.1) is 0 Å². The van der Waals surface area contributed by atoms with Gasteiger partial charge >= 0.3 is 0 Å². The zero-order chi connectivity index (χ0) is 16.2. The van der Waals surface area contributed by atoms with Gasteiger partial charge in [0.05, 0.1) is 10.6 Å². The third kappa shape index (κ3) is 3.94. The minimum atomic E-state index is -0.386. The molecule has 0 amide bonds. The number of non-ortho nitro benzene ring substituents is 1. The van der Waals surface area contributed by atoms with Gasteiger partial charge in [0.15, 0.2) is 0 Å². The second kappa shape index (κ2) is 6.60. The quantitative estimate of drug-likeness (QED) is 0.602. The predicted octanol–water partition coefficient (Wildman–Crippen LogP) is 3.31. The number of rotatable bonds is 7. The van der Waals surface area contributed by atoms with E-state index in [4.69, 9.17) is 0 Å². The minimum absolute atomic E-state index is 0.0963. The molecule has 7 heteroatoms. The molecule has 0 atom stereocenters. The molecule has 2 N–H and O–H groups in total. The Morgan fingerprint density at radius 1 is 1.26 bits per heavy atom. The smallest absolute Gasteiger partial charge is 0.269 e. The molecule has 0 bridgehead atoms. The highest BCUT2D eigenvalue weighted by Gasteiger charge is 2.26. The Bertz CT molecular complexity index is 715. The summed E-state index contributed by atoms with van der Waals surface area (Å²) in [6, 6.07) is 8.57. The van der Waals surface area contributed by atoms with Crippen LogP contribution in [0.1, 0.15) is 36.9 Å². The van der Waals surface area contributed by atoms with Crippen molar-refractivity contribution in [1.82, 2.24) is 9.97 Å². The Kier molecular flexibility index (Phi) is 4.36. The lowest BCUT2D eigenvalue weighted by molar-refractivity contribution is -0.384. The first-order valence-corrected chi connectivity index (χ1v) is 7.75. The monoisotopic (exact) mass is 313 g/mol. The third-order valence-electron chi connectivity index (χ3n) is 3.67. The SMILES string of the molecule is CCNc1nc(NCc2cccc([N+](=O)[O-])c2)cc(C2CC2)n1. The van der Waals surface area contributed by atoms with Crippen molar-refractivity contribution in [3.05, 3.63) is 51.7 Å². The number of nitrogens with one attached hydrogen (secondary N) is 2. The molecule has 120 valence electrons. The van der Waals surface area contributed by atoms with E-state index < -0.39 is 0 Å². The molecule has 1 heterocycles. The second-order valence-electron chi connectivity index (χ2n) is 5.59. The van der Waals surface area contributed by atoms with Crippen molar-refractivity contribution >= 4 is 17.5 Å². The molecular weight excluding hydrogens is 294 g/mol. The van der Waals surface area contributed by atoms with Crippen LogP contribution in [0.5, 0.6) is 0 Å². The zero-order valence-electron chi connectivity index (χ0n) is 13.0. The zero-order valence-corrected chi connectivity index (χ0v) is 13.0. The number of nitro groups is 1. The van der Waals surface area contributed by atoms with Crippen molar-refractivity contribution in [2.75, 3.05) is 17.2 Å². The van der Waals surface area contributed by atoms with Crippen molar-refractivity contribution in [1.29, 1.82) is 0 Å². The Hall–Kier alpha value is -2.70. The summed E-state index contributed by atoms with van der Waals surface area (Å²) in [6.45, 7) is 3.25. The van der Waals surface area contributed by atoms with E-state index in [0.717, 1.165) is 23.6 Å². The molecule has 0 spiro atoms. The fourth-order valence-electron chi connectivity index (χ4n) is 2.35. The summed E-state index contributed by atoms with van der Waals surface area (Å²) in [6.07, 6.45) is 2.35. The van der Waals surface area contributed by atoms with E-state index in [-0.39, 0.29) is 10.6 Å². The maximum atomic E-state index is 10.8. The van der Waals surface area contributed by atoms with Gasteiger partial charge in [0.1, 0.15) is 5.82 Å². The van der Waals surface area contributed by atoms with E-state index in [1.165, 1.54) is 18.9 Å². The van der Waals surface area contributed by atoms with Crippen LogP contribution in [0, 0.1) is 10.1 Å².